The van der Waals surface area contributed by atoms with Crippen LogP contribution in [0.2, 0.25) is 5.02 Å². The Morgan fingerprint density at radius 1 is 1.29 bits per heavy atom. The first-order valence-corrected chi connectivity index (χ1v) is 7.20. The maximum Gasteiger partial charge on any atom is 0.271 e. The number of halogens is 2. The number of nitrogens with zero attached hydrogens (tertiary/aromatic N) is 1. The van der Waals surface area contributed by atoms with Gasteiger partial charge in [-0.25, -0.2) is 5.43 Å². The van der Waals surface area contributed by atoms with Crippen LogP contribution in [0, 0.1) is 0 Å². The van der Waals surface area contributed by atoms with Crippen LogP contribution in [0.5, 0.6) is 5.75 Å². The van der Waals surface area contributed by atoms with Crippen molar-refractivity contribution in [3.05, 3.63) is 63.1 Å². The summed E-state index contributed by atoms with van der Waals surface area (Å²) in [6.07, 6.45) is 1.52. The lowest BCUT2D eigenvalue weighted by Gasteiger charge is -2.03. The standard InChI is InChI=1S/C15H12BrClN2O2/c1-21-14-7-2-10(8-13(14)17)9-18-19-15(20)11-3-5-12(16)6-4-11/h2-9H,1H3,(H,19,20)/b18-9-. The van der Waals surface area contributed by atoms with Crippen LogP contribution in [-0.4, -0.2) is 19.2 Å². The molecule has 0 heterocycles. The van der Waals surface area contributed by atoms with Gasteiger partial charge >= 0.3 is 0 Å². The van der Waals surface area contributed by atoms with Crippen LogP contribution >= 0.6 is 27.5 Å². The van der Waals surface area contributed by atoms with Gasteiger partial charge in [0.15, 0.2) is 0 Å². The summed E-state index contributed by atoms with van der Waals surface area (Å²) in [5.41, 5.74) is 3.75. The lowest BCUT2D eigenvalue weighted by molar-refractivity contribution is 0.0955. The van der Waals surface area contributed by atoms with E-state index in [-0.39, 0.29) is 5.91 Å². The topological polar surface area (TPSA) is 50.7 Å². The Hall–Kier alpha value is -1.85. The van der Waals surface area contributed by atoms with Gasteiger partial charge in [0.1, 0.15) is 5.75 Å². The normalized spacial score (nSPS) is 10.6. The summed E-state index contributed by atoms with van der Waals surface area (Å²) in [6.45, 7) is 0. The minimum Gasteiger partial charge on any atom is -0.495 e. The second-order valence-electron chi connectivity index (χ2n) is 4.10. The highest BCUT2D eigenvalue weighted by atomic mass is 79.9. The third-order valence-electron chi connectivity index (χ3n) is 2.66. The Morgan fingerprint density at radius 3 is 2.62 bits per heavy atom. The first-order valence-electron chi connectivity index (χ1n) is 6.02. The molecule has 108 valence electrons. The van der Waals surface area contributed by atoms with Crippen LogP contribution in [0.15, 0.2) is 52.0 Å². The van der Waals surface area contributed by atoms with E-state index in [0.29, 0.717) is 16.3 Å². The van der Waals surface area contributed by atoms with E-state index < -0.39 is 0 Å². The molecule has 1 N–H and O–H groups in total. The maximum absolute atomic E-state index is 11.8. The third-order valence-corrected chi connectivity index (χ3v) is 3.49. The number of carbonyl (C=O) groups excluding carboxylic acids is 1. The molecule has 4 nitrogen and oxygen atoms in total. The Kier molecular flexibility index (Phi) is 5.36. The molecule has 1 amide bonds. The van der Waals surface area contributed by atoms with Crippen LogP contribution in [0.25, 0.3) is 0 Å². The van der Waals surface area contributed by atoms with Crippen LogP contribution in [-0.2, 0) is 0 Å². The highest BCUT2D eigenvalue weighted by Crippen LogP contribution is 2.24. The van der Waals surface area contributed by atoms with Crippen molar-refractivity contribution in [1.29, 1.82) is 0 Å². The second-order valence-corrected chi connectivity index (χ2v) is 5.42. The molecular weight excluding hydrogens is 356 g/mol. The molecule has 6 heteroatoms. The summed E-state index contributed by atoms with van der Waals surface area (Å²) in [5.74, 6) is 0.311. The molecule has 2 rings (SSSR count). The Labute approximate surface area is 135 Å². The van der Waals surface area contributed by atoms with Gasteiger partial charge in [-0.1, -0.05) is 27.5 Å². The number of hydrogen-bond acceptors (Lipinski definition) is 3. The van der Waals surface area contributed by atoms with E-state index in [9.17, 15) is 4.79 Å². The van der Waals surface area contributed by atoms with Crippen molar-refractivity contribution in [2.45, 2.75) is 0 Å². The van der Waals surface area contributed by atoms with E-state index in [1.165, 1.54) is 6.21 Å². The van der Waals surface area contributed by atoms with Crippen molar-refractivity contribution >= 4 is 39.7 Å². The largest absolute Gasteiger partial charge is 0.495 e. The summed E-state index contributed by atoms with van der Waals surface area (Å²) >= 11 is 9.32. The molecule has 0 saturated heterocycles. The molecule has 0 aliphatic carbocycles. The van der Waals surface area contributed by atoms with Crippen LogP contribution in [0.1, 0.15) is 15.9 Å². The van der Waals surface area contributed by atoms with Crippen LogP contribution in [0.4, 0.5) is 0 Å². The highest BCUT2D eigenvalue weighted by Gasteiger charge is 2.03. The number of nitrogens with one attached hydrogen (secondary N) is 1. The van der Waals surface area contributed by atoms with Crippen LogP contribution < -0.4 is 10.2 Å². The average Bonchev–Trinajstić information content (AvgIpc) is 2.48. The van der Waals surface area contributed by atoms with Crippen molar-refractivity contribution in [2.75, 3.05) is 7.11 Å². The monoisotopic (exact) mass is 366 g/mol. The van der Waals surface area contributed by atoms with E-state index in [4.69, 9.17) is 16.3 Å². The Balaban J connectivity index is 2.00. The molecule has 0 bridgehead atoms. The lowest BCUT2D eigenvalue weighted by atomic mass is 10.2. The lowest BCUT2D eigenvalue weighted by Crippen LogP contribution is -2.17. The molecule has 0 aromatic heterocycles. The number of amides is 1. The zero-order valence-electron chi connectivity index (χ0n) is 11.1. The smallest absolute Gasteiger partial charge is 0.271 e. The molecule has 0 saturated carbocycles. The number of hydrogen-bond donors (Lipinski definition) is 1. The second kappa shape index (κ2) is 7.24. The van der Waals surface area contributed by atoms with E-state index in [1.807, 2.05) is 0 Å². The highest BCUT2D eigenvalue weighted by molar-refractivity contribution is 9.10. The quantitative estimate of drug-likeness (QED) is 0.659. The van der Waals surface area contributed by atoms with Gasteiger partial charge in [0.25, 0.3) is 5.91 Å². The van der Waals surface area contributed by atoms with E-state index in [2.05, 4.69) is 26.5 Å². The Morgan fingerprint density at radius 2 is 2.00 bits per heavy atom. The third kappa shape index (κ3) is 4.31. The van der Waals surface area contributed by atoms with E-state index in [1.54, 1.807) is 49.6 Å². The number of carbonyl (C=O) groups is 1. The predicted octanol–water partition coefficient (Wildman–Crippen LogP) is 3.88. The van der Waals surface area contributed by atoms with Crippen molar-refractivity contribution < 1.29 is 9.53 Å². The number of ether oxygens (including phenoxy) is 1. The van der Waals surface area contributed by atoms with Gasteiger partial charge in [0.05, 0.1) is 18.3 Å². The van der Waals surface area contributed by atoms with E-state index in [0.717, 1.165) is 10.0 Å². The van der Waals surface area contributed by atoms with Gasteiger partial charge < -0.3 is 4.74 Å². The fourth-order valence-electron chi connectivity index (χ4n) is 1.59. The first kappa shape index (κ1) is 15.5. The summed E-state index contributed by atoms with van der Waals surface area (Å²) in [7, 11) is 1.55. The minimum absolute atomic E-state index is 0.279. The van der Waals surface area contributed by atoms with Gasteiger partial charge in [0, 0.05) is 10.0 Å². The predicted molar refractivity (Wildman–Crippen MR) is 87.2 cm³/mol. The SMILES string of the molecule is COc1ccc(/C=N\NC(=O)c2ccc(Br)cc2)cc1Cl. The Bertz CT molecular complexity index is 672. The summed E-state index contributed by atoms with van der Waals surface area (Å²) < 4.78 is 5.97. The van der Waals surface area contributed by atoms with Crippen molar-refractivity contribution in [3.63, 3.8) is 0 Å². The average molecular weight is 368 g/mol. The molecule has 0 aliphatic rings. The number of hydrazone groups is 1. The van der Waals surface area contributed by atoms with Gasteiger partial charge in [-0.05, 0) is 48.0 Å². The van der Waals surface area contributed by atoms with Gasteiger partial charge in [-0.3, -0.25) is 4.79 Å². The summed E-state index contributed by atoms with van der Waals surface area (Å²) in [5, 5.41) is 4.39. The molecule has 0 radical (unpaired) electrons. The van der Waals surface area contributed by atoms with Crippen molar-refractivity contribution in [1.82, 2.24) is 5.43 Å². The molecule has 0 atom stereocenters. The minimum atomic E-state index is -0.279. The molecule has 0 unspecified atom stereocenters. The number of rotatable bonds is 4. The maximum atomic E-state index is 11.8. The molecule has 21 heavy (non-hydrogen) atoms. The molecule has 2 aromatic carbocycles. The van der Waals surface area contributed by atoms with Crippen molar-refractivity contribution in [2.24, 2.45) is 5.10 Å². The van der Waals surface area contributed by atoms with Crippen LogP contribution in [0.3, 0.4) is 0 Å². The molecule has 0 fully saturated rings. The first-order chi connectivity index (χ1) is 10.1. The van der Waals surface area contributed by atoms with E-state index >= 15 is 0 Å². The fourth-order valence-corrected chi connectivity index (χ4v) is 2.12. The molecule has 0 aliphatic heterocycles. The fraction of sp³-hybridized carbons (Fsp3) is 0.0667. The summed E-state index contributed by atoms with van der Waals surface area (Å²) in [4.78, 5) is 11.8. The molecule has 2 aromatic rings. The zero-order chi connectivity index (χ0) is 15.2. The summed E-state index contributed by atoms with van der Waals surface area (Å²) in [6, 6.07) is 12.2. The number of benzene rings is 2. The molecule has 0 spiro atoms. The van der Waals surface area contributed by atoms with Gasteiger partial charge in [0.2, 0.25) is 0 Å². The van der Waals surface area contributed by atoms with Gasteiger partial charge in [-0.15, -0.1) is 0 Å². The number of methoxy groups -OCH3 is 1. The zero-order valence-corrected chi connectivity index (χ0v) is 13.5. The van der Waals surface area contributed by atoms with Crippen molar-refractivity contribution in [3.8, 4) is 5.75 Å². The van der Waals surface area contributed by atoms with Gasteiger partial charge in [-0.2, -0.15) is 5.10 Å². The molecular formula is C15H12BrClN2O2.